The highest BCUT2D eigenvalue weighted by molar-refractivity contribution is 6.30. The Hall–Kier alpha value is -2.40. The standard InChI is InChI=1S/C23H22ClF2NO2/c1-13-11-16(15-3-5-17(24)6-4-15)12-14(2)18(13)19-20(28)22(27-21(19)29)7-9-23(25,26)10-8-22/h3-6,11-12,28H,7-10H2,1-2H3,(H,27,29). The van der Waals surface area contributed by atoms with Crippen LogP contribution in [0.4, 0.5) is 8.78 Å². The van der Waals surface area contributed by atoms with Crippen LogP contribution in [0.15, 0.2) is 42.2 Å². The molecule has 0 saturated heterocycles. The van der Waals surface area contributed by atoms with Crippen molar-refractivity contribution in [2.45, 2.75) is 51.0 Å². The van der Waals surface area contributed by atoms with Crippen molar-refractivity contribution in [2.24, 2.45) is 0 Å². The van der Waals surface area contributed by atoms with E-state index in [2.05, 4.69) is 5.32 Å². The largest absolute Gasteiger partial charge is 0.509 e. The fourth-order valence-electron chi connectivity index (χ4n) is 4.49. The van der Waals surface area contributed by atoms with E-state index in [1.165, 1.54) is 0 Å². The SMILES string of the molecule is Cc1cc(-c2ccc(Cl)cc2)cc(C)c1C1=C(O)C2(CCC(F)(F)CC2)NC1=O. The second-order valence-corrected chi connectivity index (χ2v) is 8.54. The minimum Gasteiger partial charge on any atom is -0.509 e. The van der Waals surface area contributed by atoms with Crippen LogP contribution in [0.2, 0.25) is 5.02 Å². The van der Waals surface area contributed by atoms with E-state index in [-0.39, 0.29) is 37.0 Å². The Kier molecular flexibility index (Phi) is 4.69. The highest BCUT2D eigenvalue weighted by atomic mass is 35.5. The first-order chi connectivity index (χ1) is 13.6. The summed E-state index contributed by atoms with van der Waals surface area (Å²) in [5, 5.41) is 14.4. The first-order valence-corrected chi connectivity index (χ1v) is 10.0. The lowest BCUT2D eigenvalue weighted by Gasteiger charge is -2.36. The smallest absolute Gasteiger partial charge is 0.256 e. The molecule has 1 fully saturated rings. The van der Waals surface area contributed by atoms with Crippen LogP contribution >= 0.6 is 11.6 Å². The van der Waals surface area contributed by atoms with Crippen LogP contribution in [0.1, 0.15) is 42.4 Å². The lowest BCUT2D eigenvalue weighted by atomic mass is 9.78. The van der Waals surface area contributed by atoms with Crippen LogP contribution in [0.3, 0.4) is 0 Å². The first-order valence-electron chi connectivity index (χ1n) is 9.63. The number of carbonyl (C=O) groups is 1. The molecule has 2 aromatic rings. The van der Waals surface area contributed by atoms with Gasteiger partial charge in [0, 0.05) is 17.9 Å². The Morgan fingerprint density at radius 3 is 2.07 bits per heavy atom. The number of carbonyl (C=O) groups excluding carboxylic acids is 1. The molecule has 0 radical (unpaired) electrons. The van der Waals surface area contributed by atoms with Gasteiger partial charge in [-0.2, -0.15) is 0 Å². The molecule has 1 aliphatic carbocycles. The maximum Gasteiger partial charge on any atom is 0.256 e. The van der Waals surface area contributed by atoms with Gasteiger partial charge in [0.15, 0.2) is 0 Å². The van der Waals surface area contributed by atoms with E-state index >= 15 is 0 Å². The minimum absolute atomic E-state index is 0.0298. The minimum atomic E-state index is -2.74. The van der Waals surface area contributed by atoms with E-state index < -0.39 is 17.4 Å². The van der Waals surface area contributed by atoms with E-state index in [1.807, 2.05) is 50.2 Å². The molecule has 3 nitrogen and oxygen atoms in total. The summed E-state index contributed by atoms with van der Waals surface area (Å²) < 4.78 is 27.3. The number of rotatable bonds is 2. The summed E-state index contributed by atoms with van der Waals surface area (Å²) in [6, 6.07) is 11.4. The van der Waals surface area contributed by atoms with Crippen LogP contribution in [-0.2, 0) is 4.79 Å². The summed E-state index contributed by atoms with van der Waals surface area (Å²) >= 11 is 5.97. The first kappa shape index (κ1) is 19.9. The average molecular weight is 418 g/mol. The van der Waals surface area contributed by atoms with Crippen LogP contribution < -0.4 is 5.32 Å². The number of hydrogen-bond donors (Lipinski definition) is 2. The van der Waals surface area contributed by atoms with Crippen molar-refractivity contribution in [3.05, 3.63) is 63.9 Å². The van der Waals surface area contributed by atoms with Crippen molar-refractivity contribution in [3.8, 4) is 11.1 Å². The van der Waals surface area contributed by atoms with Gasteiger partial charge in [0.2, 0.25) is 5.92 Å². The van der Waals surface area contributed by atoms with Crippen LogP contribution in [0, 0.1) is 13.8 Å². The maximum absolute atomic E-state index is 13.6. The normalized spacial score (nSPS) is 20.2. The number of aryl methyl sites for hydroxylation is 2. The highest BCUT2D eigenvalue weighted by Gasteiger charge is 2.52. The molecule has 1 spiro atoms. The molecule has 0 unspecified atom stereocenters. The molecule has 4 rings (SSSR count). The average Bonchev–Trinajstić information content (AvgIpc) is 2.89. The lowest BCUT2D eigenvalue weighted by molar-refractivity contribution is -0.117. The van der Waals surface area contributed by atoms with E-state index in [1.54, 1.807) is 0 Å². The van der Waals surface area contributed by atoms with Crippen molar-refractivity contribution in [3.63, 3.8) is 0 Å². The zero-order valence-electron chi connectivity index (χ0n) is 16.3. The molecule has 1 amide bonds. The van der Waals surface area contributed by atoms with Gasteiger partial charge in [-0.25, -0.2) is 8.78 Å². The number of hydrogen-bond acceptors (Lipinski definition) is 2. The molecule has 0 atom stereocenters. The molecule has 2 N–H and O–H groups in total. The predicted molar refractivity (Wildman–Crippen MR) is 110 cm³/mol. The number of halogens is 3. The molecule has 1 saturated carbocycles. The molecule has 6 heteroatoms. The van der Waals surface area contributed by atoms with Crippen molar-refractivity contribution < 1.29 is 18.7 Å². The molecule has 1 aliphatic heterocycles. The summed E-state index contributed by atoms with van der Waals surface area (Å²) in [5.41, 5.74) is 3.43. The number of alkyl halides is 2. The highest BCUT2D eigenvalue weighted by Crippen LogP contribution is 2.46. The van der Waals surface area contributed by atoms with Crippen molar-refractivity contribution in [2.75, 3.05) is 0 Å². The second kappa shape index (κ2) is 6.84. The molecule has 0 bridgehead atoms. The lowest BCUT2D eigenvalue weighted by Crippen LogP contribution is -2.49. The number of benzene rings is 2. The Labute approximate surface area is 173 Å². The number of aliphatic hydroxyl groups excluding tert-OH is 1. The van der Waals surface area contributed by atoms with Gasteiger partial charge in [-0.1, -0.05) is 35.9 Å². The Balaban J connectivity index is 1.76. The third-order valence-corrected chi connectivity index (χ3v) is 6.32. The third kappa shape index (κ3) is 3.42. The Morgan fingerprint density at radius 2 is 1.52 bits per heavy atom. The Morgan fingerprint density at radius 1 is 0.966 bits per heavy atom. The van der Waals surface area contributed by atoms with Gasteiger partial charge in [-0.3, -0.25) is 4.79 Å². The number of aliphatic hydroxyl groups is 1. The van der Waals surface area contributed by atoms with Gasteiger partial charge in [0.1, 0.15) is 5.76 Å². The maximum atomic E-state index is 13.6. The van der Waals surface area contributed by atoms with E-state index in [0.29, 0.717) is 10.6 Å². The third-order valence-electron chi connectivity index (χ3n) is 6.07. The molecule has 0 aromatic heterocycles. The second-order valence-electron chi connectivity index (χ2n) is 8.11. The molecule has 2 aromatic carbocycles. The molecule has 1 heterocycles. The van der Waals surface area contributed by atoms with Crippen LogP contribution in [-0.4, -0.2) is 22.5 Å². The van der Waals surface area contributed by atoms with Crippen molar-refractivity contribution >= 4 is 23.1 Å². The zero-order chi connectivity index (χ0) is 21.0. The van der Waals surface area contributed by atoms with E-state index in [4.69, 9.17) is 11.6 Å². The zero-order valence-corrected chi connectivity index (χ0v) is 17.0. The van der Waals surface area contributed by atoms with Crippen LogP contribution in [0.5, 0.6) is 0 Å². The van der Waals surface area contributed by atoms with Crippen molar-refractivity contribution in [1.82, 2.24) is 5.32 Å². The van der Waals surface area contributed by atoms with Gasteiger partial charge in [0.05, 0.1) is 11.1 Å². The number of nitrogens with one attached hydrogen (secondary N) is 1. The summed E-state index contributed by atoms with van der Waals surface area (Å²) in [4.78, 5) is 12.8. The molecule has 2 aliphatic rings. The molecule has 29 heavy (non-hydrogen) atoms. The fraction of sp³-hybridized carbons (Fsp3) is 0.348. The monoisotopic (exact) mass is 417 g/mol. The summed E-state index contributed by atoms with van der Waals surface area (Å²) in [6.07, 6.45) is -0.639. The van der Waals surface area contributed by atoms with Gasteiger partial charge in [-0.05, 0) is 66.6 Å². The van der Waals surface area contributed by atoms with Crippen molar-refractivity contribution in [1.29, 1.82) is 0 Å². The van der Waals surface area contributed by atoms with E-state index in [0.717, 1.165) is 22.3 Å². The van der Waals surface area contributed by atoms with E-state index in [9.17, 15) is 18.7 Å². The fourth-order valence-corrected chi connectivity index (χ4v) is 4.61. The van der Waals surface area contributed by atoms with Gasteiger partial charge < -0.3 is 10.4 Å². The van der Waals surface area contributed by atoms with Gasteiger partial charge in [0.25, 0.3) is 5.91 Å². The Bertz CT molecular complexity index is 995. The topological polar surface area (TPSA) is 49.3 Å². The summed E-state index contributed by atoms with van der Waals surface area (Å²) in [6.45, 7) is 3.77. The number of amides is 1. The summed E-state index contributed by atoms with van der Waals surface area (Å²) in [7, 11) is 0. The van der Waals surface area contributed by atoms with Crippen LogP contribution in [0.25, 0.3) is 16.7 Å². The van der Waals surface area contributed by atoms with Gasteiger partial charge >= 0.3 is 0 Å². The molecular formula is C23H22ClF2NO2. The predicted octanol–water partition coefficient (Wildman–Crippen LogP) is 5.97. The molecule has 152 valence electrons. The quantitative estimate of drug-likeness (QED) is 0.632. The summed E-state index contributed by atoms with van der Waals surface area (Å²) in [5.74, 6) is -3.26. The van der Waals surface area contributed by atoms with Gasteiger partial charge in [-0.15, -0.1) is 0 Å². The molecular weight excluding hydrogens is 396 g/mol.